The van der Waals surface area contributed by atoms with E-state index in [1.807, 2.05) is 0 Å². The lowest BCUT2D eigenvalue weighted by atomic mass is 10.2. The Kier molecular flexibility index (Phi) is 3.10. The molecule has 0 saturated carbocycles. The van der Waals surface area contributed by atoms with E-state index in [9.17, 15) is 0 Å². The third-order valence-corrected chi connectivity index (χ3v) is 3.12. The largest absolute Gasteiger partial charge is 0.299 e. The maximum absolute atomic E-state index is 5.17. The SMILES string of the molecule is NNCNCc1csc2ccccc12. The zero-order valence-corrected chi connectivity index (χ0v) is 8.60. The number of benzene rings is 1. The van der Waals surface area contributed by atoms with Gasteiger partial charge < -0.3 is 0 Å². The predicted molar refractivity (Wildman–Crippen MR) is 60.9 cm³/mol. The van der Waals surface area contributed by atoms with Crippen LogP contribution in [0.25, 0.3) is 10.1 Å². The lowest BCUT2D eigenvalue weighted by Gasteiger charge is -2.01. The van der Waals surface area contributed by atoms with Gasteiger partial charge in [0.05, 0.1) is 6.67 Å². The normalized spacial score (nSPS) is 10.9. The minimum atomic E-state index is 0.629. The van der Waals surface area contributed by atoms with Crippen LogP contribution in [0.1, 0.15) is 5.56 Å². The molecule has 0 aliphatic carbocycles. The third-order valence-electron chi connectivity index (χ3n) is 2.10. The summed E-state index contributed by atoms with van der Waals surface area (Å²) in [5, 5.41) is 6.72. The molecular formula is C10H13N3S. The van der Waals surface area contributed by atoms with E-state index in [1.54, 1.807) is 11.3 Å². The van der Waals surface area contributed by atoms with E-state index in [2.05, 4.69) is 40.4 Å². The van der Waals surface area contributed by atoms with Crippen molar-refractivity contribution in [3.8, 4) is 0 Å². The molecule has 4 heteroatoms. The molecule has 1 heterocycles. The highest BCUT2D eigenvalue weighted by Crippen LogP contribution is 2.25. The van der Waals surface area contributed by atoms with Gasteiger partial charge >= 0.3 is 0 Å². The first-order valence-corrected chi connectivity index (χ1v) is 5.39. The van der Waals surface area contributed by atoms with Crippen LogP contribution in [-0.2, 0) is 6.54 Å². The molecule has 0 unspecified atom stereocenters. The van der Waals surface area contributed by atoms with Crippen molar-refractivity contribution in [3.05, 3.63) is 35.2 Å². The Labute approximate surface area is 86.9 Å². The molecular weight excluding hydrogens is 194 g/mol. The minimum Gasteiger partial charge on any atom is -0.299 e. The first kappa shape index (κ1) is 9.61. The predicted octanol–water partition coefficient (Wildman–Crippen LogP) is 1.41. The van der Waals surface area contributed by atoms with Crippen molar-refractivity contribution in [2.45, 2.75) is 6.54 Å². The first-order chi connectivity index (χ1) is 6.92. The maximum Gasteiger partial charge on any atom is 0.0590 e. The summed E-state index contributed by atoms with van der Waals surface area (Å²) < 4.78 is 1.34. The molecule has 0 aliphatic rings. The molecule has 74 valence electrons. The van der Waals surface area contributed by atoms with Crippen LogP contribution in [0.4, 0.5) is 0 Å². The maximum atomic E-state index is 5.17. The molecule has 2 rings (SSSR count). The third kappa shape index (κ3) is 1.93. The lowest BCUT2D eigenvalue weighted by molar-refractivity contribution is 0.603. The molecule has 0 bridgehead atoms. The van der Waals surface area contributed by atoms with Gasteiger partial charge in [0.15, 0.2) is 0 Å². The Bertz CT molecular complexity index is 410. The second-order valence-electron chi connectivity index (χ2n) is 3.06. The fourth-order valence-electron chi connectivity index (χ4n) is 1.44. The summed E-state index contributed by atoms with van der Waals surface area (Å²) in [5.41, 5.74) is 3.90. The van der Waals surface area contributed by atoms with E-state index < -0.39 is 0 Å². The Morgan fingerprint density at radius 3 is 3.00 bits per heavy atom. The summed E-state index contributed by atoms with van der Waals surface area (Å²) in [6.45, 7) is 1.48. The number of hydrogen-bond acceptors (Lipinski definition) is 4. The van der Waals surface area contributed by atoms with Crippen molar-refractivity contribution in [1.29, 1.82) is 0 Å². The zero-order chi connectivity index (χ0) is 9.80. The zero-order valence-electron chi connectivity index (χ0n) is 7.79. The molecule has 0 radical (unpaired) electrons. The Morgan fingerprint density at radius 2 is 2.14 bits per heavy atom. The number of nitrogens with one attached hydrogen (secondary N) is 2. The fraction of sp³-hybridized carbons (Fsp3) is 0.200. The van der Waals surface area contributed by atoms with E-state index >= 15 is 0 Å². The highest BCUT2D eigenvalue weighted by molar-refractivity contribution is 7.17. The van der Waals surface area contributed by atoms with Gasteiger partial charge in [0.2, 0.25) is 0 Å². The van der Waals surface area contributed by atoms with Crippen molar-refractivity contribution in [3.63, 3.8) is 0 Å². The van der Waals surface area contributed by atoms with Gasteiger partial charge in [-0.05, 0) is 22.4 Å². The van der Waals surface area contributed by atoms with E-state index in [1.165, 1.54) is 15.6 Å². The van der Waals surface area contributed by atoms with E-state index in [0.717, 1.165) is 6.54 Å². The van der Waals surface area contributed by atoms with Crippen molar-refractivity contribution in [2.24, 2.45) is 5.84 Å². The van der Waals surface area contributed by atoms with Crippen LogP contribution < -0.4 is 16.6 Å². The smallest absolute Gasteiger partial charge is 0.0590 e. The first-order valence-electron chi connectivity index (χ1n) is 4.51. The van der Waals surface area contributed by atoms with Crippen molar-refractivity contribution in [1.82, 2.24) is 10.7 Å². The number of fused-ring (bicyclic) bond motifs is 1. The number of thiophene rings is 1. The number of nitrogens with two attached hydrogens (primary N) is 1. The van der Waals surface area contributed by atoms with E-state index in [4.69, 9.17) is 5.84 Å². The molecule has 4 N–H and O–H groups in total. The van der Waals surface area contributed by atoms with Crippen molar-refractivity contribution in [2.75, 3.05) is 6.67 Å². The van der Waals surface area contributed by atoms with Crippen LogP contribution in [0.2, 0.25) is 0 Å². The summed E-state index contributed by atoms with van der Waals surface area (Å²) >= 11 is 1.78. The topological polar surface area (TPSA) is 50.1 Å². The standard InChI is InChI=1S/C10H13N3S/c11-13-7-12-5-8-6-14-10-4-2-1-3-9(8)10/h1-4,6,12-13H,5,7,11H2. The number of hydrogen-bond donors (Lipinski definition) is 3. The van der Waals surface area contributed by atoms with Crippen molar-refractivity contribution < 1.29 is 0 Å². The molecule has 1 aromatic carbocycles. The average Bonchev–Trinajstić information content (AvgIpc) is 2.63. The summed E-state index contributed by atoms with van der Waals surface area (Å²) in [5.74, 6) is 5.17. The van der Waals surface area contributed by atoms with Gasteiger partial charge in [-0.2, -0.15) is 0 Å². The van der Waals surface area contributed by atoms with Gasteiger partial charge in [0.1, 0.15) is 0 Å². The molecule has 14 heavy (non-hydrogen) atoms. The van der Waals surface area contributed by atoms with E-state index in [-0.39, 0.29) is 0 Å². The molecule has 2 aromatic rings. The van der Waals surface area contributed by atoms with Gasteiger partial charge in [-0.15, -0.1) is 11.3 Å². The van der Waals surface area contributed by atoms with Crippen LogP contribution in [0, 0.1) is 0 Å². The highest BCUT2D eigenvalue weighted by atomic mass is 32.1. The molecule has 0 aliphatic heterocycles. The van der Waals surface area contributed by atoms with Gasteiger partial charge in [0, 0.05) is 11.2 Å². The molecule has 3 nitrogen and oxygen atoms in total. The highest BCUT2D eigenvalue weighted by Gasteiger charge is 2.01. The summed E-state index contributed by atoms with van der Waals surface area (Å²) in [6, 6.07) is 8.43. The Hall–Kier alpha value is -0.940. The molecule has 0 saturated heterocycles. The second-order valence-corrected chi connectivity index (χ2v) is 3.98. The molecule has 0 fully saturated rings. The number of rotatable bonds is 4. The second kappa shape index (κ2) is 4.52. The summed E-state index contributed by atoms with van der Waals surface area (Å²) in [7, 11) is 0. The van der Waals surface area contributed by atoms with Crippen molar-refractivity contribution >= 4 is 21.4 Å². The van der Waals surface area contributed by atoms with E-state index in [0.29, 0.717) is 6.67 Å². The minimum absolute atomic E-state index is 0.629. The Balaban J connectivity index is 2.17. The van der Waals surface area contributed by atoms with Crippen LogP contribution >= 0.6 is 11.3 Å². The fourth-order valence-corrected chi connectivity index (χ4v) is 2.40. The van der Waals surface area contributed by atoms with Crippen LogP contribution in [-0.4, -0.2) is 6.67 Å². The molecule has 0 atom stereocenters. The van der Waals surface area contributed by atoms with Gasteiger partial charge in [-0.3, -0.25) is 11.2 Å². The summed E-state index contributed by atoms with van der Waals surface area (Å²) in [6.07, 6.45) is 0. The monoisotopic (exact) mass is 207 g/mol. The Morgan fingerprint density at radius 1 is 1.29 bits per heavy atom. The van der Waals surface area contributed by atoms with Gasteiger partial charge in [-0.25, -0.2) is 5.43 Å². The van der Waals surface area contributed by atoms with Crippen LogP contribution in [0.3, 0.4) is 0 Å². The molecule has 0 spiro atoms. The van der Waals surface area contributed by atoms with Crippen LogP contribution in [0.5, 0.6) is 0 Å². The quantitative estimate of drug-likeness (QED) is 0.307. The van der Waals surface area contributed by atoms with Crippen LogP contribution in [0.15, 0.2) is 29.6 Å². The average molecular weight is 207 g/mol. The molecule has 1 aromatic heterocycles. The van der Waals surface area contributed by atoms with Gasteiger partial charge in [0.25, 0.3) is 0 Å². The summed E-state index contributed by atoms with van der Waals surface area (Å²) in [4.78, 5) is 0. The lowest BCUT2D eigenvalue weighted by Crippen LogP contribution is -2.33. The molecule has 0 amide bonds. The van der Waals surface area contributed by atoms with Gasteiger partial charge in [-0.1, -0.05) is 18.2 Å². The number of hydrazine groups is 1.